The molecule has 0 aliphatic heterocycles. The third-order valence-corrected chi connectivity index (χ3v) is 9.04. The van der Waals surface area contributed by atoms with Gasteiger partial charge >= 0.3 is 17.9 Å². The van der Waals surface area contributed by atoms with E-state index in [-0.39, 0.29) is 31.1 Å². The molecule has 0 aliphatic rings. The monoisotopic (exact) mass is 667 g/mol. The summed E-state index contributed by atoms with van der Waals surface area (Å²) in [5.41, 5.74) is 0. The van der Waals surface area contributed by atoms with Gasteiger partial charge in [0.1, 0.15) is 13.2 Å². The molecule has 278 valence electrons. The molecule has 0 heterocycles. The van der Waals surface area contributed by atoms with Gasteiger partial charge in [-0.2, -0.15) is 0 Å². The van der Waals surface area contributed by atoms with Crippen LogP contribution >= 0.6 is 0 Å². The van der Waals surface area contributed by atoms with Gasteiger partial charge in [0.2, 0.25) is 0 Å². The van der Waals surface area contributed by atoms with Crippen LogP contribution in [0.15, 0.2) is 0 Å². The van der Waals surface area contributed by atoms with Gasteiger partial charge in [0, 0.05) is 19.3 Å². The van der Waals surface area contributed by atoms with Gasteiger partial charge in [-0.3, -0.25) is 14.4 Å². The maximum atomic E-state index is 12.6. The minimum Gasteiger partial charge on any atom is -0.462 e. The average molecular weight is 667 g/mol. The highest BCUT2D eigenvalue weighted by Crippen LogP contribution is 2.15. The number of hydrogen-bond acceptors (Lipinski definition) is 6. The van der Waals surface area contributed by atoms with E-state index < -0.39 is 6.10 Å². The molecule has 6 nitrogen and oxygen atoms in total. The van der Waals surface area contributed by atoms with Crippen molar-refractivity contribution in [2.24, 2.45) is 5.92 Å². The Kier molecular flexibility index (Phi) is 34.5. The zero-order chi connectivity index (χ0) is 34.6. The van der Waals surface area contributed by atoms with E-state index in [1.807, 2.05) is 0 Å². The highest BCUT2D eigenvalue weighted by Gasteiger charge is 2.19. The Bertz CT molecular complexity index is 706. The molecule has 0 N–H and O–H groups in total. The normalized spacial score (nSPS) is 11.9. The number of esters is 3. The van der Waals surface area contributed by atoms with Gasteiger partial charge < -0.3 is 14.2 Å². The van der Waals surface area contributed by atoms with Gasteiger partial charge in [0.05, 0.1) is 0 Å². The second kappa shape index (κ2) is 35.7. The summed E-state index contributed by atoms with van der Waals surface area (Å²) in [6.45, 7) is 8.88. The zero-order valence-corrected chi connectivity index (χ0v) is 31.7. The van der Waals surface area contributed by atoms with Gasteiger partial charge in [0.25, 0.3) is 0 Å². The van der Waals surface area contributed by atoms with Crippen LogP contribution in [0.4, 0.5) is 0 Å². The smallest absolute Gasteiger partial charge is 0.306 e. The number of carbonyl (C=O) groups is 3. The highest BCUT2D eigenvalue weighted by molar-refractivity contribution is 5.71. The van der Waals surface area contributed by atoms with Crippen molar-refractivity contribution in [1.29, 1.82) is 0 Å². The van der Waals surface area contributed by atoms with Crippen LogP contribution in [0.3, 0.4) is 0 Å². The lowest BCUT2D eigenvalue weighted by Crippen LogP contribution is -2.30. The summed E-state index contributed by atoms with van der Waals surface area (Å²) in [5.74, 6) is -0.105. The van der Waals surface area contributed by atoms with Crippen LogP contribution in [0, 0.1) is 5.92 Å². The number of unbranched alkanes of at least 4 members (excludes halogenated alkanes) is 23. The van der Waals surface area contributed by atoms with E-state index in [1.165, 1.54) is 116 Å². The Morgan fingerprint density at radius 1 is 0.404 bits per heavy atom. The number of ether oxygens (including phenoxy) is 3. The molecule has 0 aromatic carbocycles. The molecule has 0 saturated carbocycles. The summed E-state index contributed by atoms with van der Waals surface area (Å²) in [4.78, 5) is 37.4. The van der Waals surface area contributed by atoms with Crippen molar-refractivity contribution < 1.29 is 28.6 Å². The molecule has 47 heavy (non-hydrogen) atoms. The lowest BCUT2D eigenvalue weighted by Gasteiger charge is -2.18. The fourth-order valence-corrected chi connectivity index (χ4v) is 5.92. The summed E-state index contributed by atoms with van der Waals surface area (Å²) >= 11 is 0. The maximum absolute atomic E-state index is 12.6. The first-order valence-corrected chi connectivity index (χ1v) is 20.4. The summed E-state index contributed by atoms with van der Waals surface area (Å²) in [5, 5.41) is 0. The Morgan fingerprint density at radius 2 is 0.702 bits per heavy atom. The van der Waals surface area contributed by atoms with E-state index in [9.17, 15) is 14.4 Å². The van der Waals surface area contributed by atoms with Gasteiger partial charge in [-0.1, -0.05) is 182 Å². The molecular weight excluding hydrogens is 588 g/mol. The summed E-state index contributed by atoms with van der Waals surface area (Å²) in [7, 11) is 0. The lowest BCUT2D eigenvalue weighted by atomic mass is 10.0. The van der Waals surface area contributed by atoms with Gasteiger partial charge in [-0.15, -0.1) is 0 Å². The fraction of sp³-hybridized carbons (Fsp3) is 0.927. The van der Waals surface area contributed by atoms with E-state index in [0.29, 0.717) is 19.3 Å². The zero-order valence-electron chi connectivity index (χ0n) is 31.7. The van der Waals surface area contributed by atoms with Crippen molar-refractivity contribution in [3.63, 3.8) is 0 Å². The second-order valence-electron chi connectivity index (χ2n) is 14.4. The Hall–Kier alpha value is -1.59. The van der Waals surface area contributed by atoms with E-state index in [1.54, 1.807) is 0 Å². The van der Waals surface area contributed by atoms with E-state index in [4.69, 9.17) is 14.2 Å². The molecule has 0 aromatic rings. The predicted molar refractivity (Wildman–Crippen MR) is 196 cm³/mol. The molecule has 0 unspecified atom stereocenters. The Balaban J connectivity index is 4.35. The van der Waals surface area contributed by atoms with Gasteiger partial charge in [-0.05, 0) is 25.2 Å². The Morgan fingerprint density at radius 3 is 1.04 bits per heavy atom. The predicted octanol–water partition coefficient (Wildman–Crippen LogP) is 12.4. The van der Waals surface area contributed by atoms with Crippen LogP contribution < -0.4 is 0 Å². The molecule has 0 radical (unpaired) electrons. The average Bonchev–Trinajstić information content (AvgIpc) is 3.05. The van der Waals surface area contributed by atoms with Crippen molar-refractivity contribution >= 4 is 17.9 Å². The largest absolute Gasteiger partial charge is 0.462 e. The third-order valence-electron chi connectivity index (χ3n) is 9.04. The molecule has 0 fully saturated rings. The van der Waals surface area contributed by atoms with Crippen molar-refractivity contribution in [2.75, 3.05) is 13.2 Å². The van der Waals surface area contributed by atoms with Crippen LogP contribution in [0.25, 0.3) is 0 Å². The maximum Gasteiger partial charge on any atom is 0.306 e. The van der Waals surface area contributed by atoms with E-state index >= 15 is 0 Å². The number of carbonyl (C=O) groups excluding carboxylic acids is 3. The molecule has 6 heteroatoms. The minimum atomic E-state index is -0.757. The van der Waals surface area contributed by atoms with Crippen LogP contribution in [-0.2, 0) is 28.6 Å². The topological polar surface area (TPSA) is 78.9 Å². The van der Waals surface area contributed by atoms with Crippen LogP contribution in [0.5, 0.6) is 0 Å². The number of hydrogen-bond donors (Lipinski definition) is 0. The highest BCUT2D eigenvalue weighted by atomic mass is 16.6. The Labute approximate surface area is 291 Å². The first kappa shape index (κ1) is 45.4. The molecule has 1 atom stereocenters. The van der Waals surface area contributed by atoms with Crippen molar-refractivity contribution in [3.8, 4) is 0 Å². The molecule has 0 amide bonds. The molecule has 0 rings (SSSR count). The van der Waals surface area contributed by atoms with E-state index in [2.05, 4.69) is 27.7 Å². The van der Waals surface area contributed by atoms with Crippen molar-refractivity contribution in [3.05, 3.63) is 0 Å². The molecule has 0 spiro atoms. The fourth-order valence-electron chi connectivity index (χ4n) is 5.92. The first-order valence-electron chi connectivity index (χ1n) is 20.4. The molecule has 0 aromatic heterocycles. The van der Waals surface area contributed by atoms with Gasteiger partial charge in [0.15, 0.2) is 6.10 Å². The summed E-state index contributed by atoms with van der Waals surface area (Å²) in [6, 6.07) is 0. The molecule has 0 aliphatic carbocycles. The standard InChI is InChI=1S/C41H78O6/c1-5-7-9-11-13-15-16-18-20-26-30-34-41(44)47-38(35-45-39(42)32-28-24-19-17-14-12-10-8-6-2)36-46-40(43)33-29-25-22-21-23-27-31-37(3)4/h37-38H,5-36H2,1-4H3/t38-/m1/s1. The van der Waals surface area contributed by atoms with Crippen molar-refractivity contribution in [1.82, 2.24) is 0 Å². The van der Waals surface area contributed by atoms with Crippen molar-refractivity contribution in [2.45, 2.75) is 226 Å². The summed E-state index contributed by atoms with van der Waals surface area (Å²) < 4.78 is 16.6. The number of rotatable bonds is 36. The minimum absolute atomic E-state index is 0.0656. The third kappa shape index (κ3) is 35.5. The SMILES string of the molecule is CCCCCCCCCCCCCC(=O)O[C@H](COC(=O)CCCCCCCCCCC)COC(=O)CCCCCCCCC(C)C. The van der Waals surface area contributed by atoms with Crippen LogP contribution in [-0.4, -0.2) is 37.2 Å². The molecule has 0 bridgehead atoms. The van der Waals surface area contributed by atoms with Crippen LogP contribution in [0.2, 0.25) is 0 Å². The first-order chi connectivity index (χ1) is 22.9. The van der Waals surface area contributed by atoms with Gasteiger partial charge in [-0.25, -0.2) is 0 Å². The lowest BCUT2D eigenvalue weighted by molar-refractivity contribution is -0.167. The second-order valence-corrected chi connectivity index (χ2v) is 14.4. The van der Waals surface area contributed by atoms with Crippen LogP contribution in [0.1, 0.15) is 220 Å². The van der Waals surface area contributed by atoms with E-state index in [0.717, 1.165) is 63.7 Å². The summed E-state index contributed by atoms with van der Waals surface area (Å²) in [6.07, 6.45) is 32.4. The molecular formula is C41H78O6. The quantitative estimate of drug-likeness (QED) is 0.0376. The molecule has 0 saturated heterocycles.